The SMILES string of the molecule is COc1ccncc1-c1ccnc(N[C@@H](C)C2CC3CC(Cl)CCC3NC2=O)n1. The number of hydrogen-bond donors (Lipinski definition) is 2. The first-order chi connectivity index (χ1) is 14.0. The van der Waals surface area contributed by atoms with E-state index >= 15 is 0 Å². The van der Waals surface area contributed by atoms with Gasteiger partial charge >= 0.3 is 0 Å². The van der Waals surface area contributed by atoms with Crippen LogP contribution in [0.25, 0.3) is 11.3 Å². The number of pyridine rings is 1. The molecule has 2 aromatic rings. The van der Waals surface area contributed by atoms with Gasteiger partial charge < -0.3 is 15.4 Å². The lowest BCUT2D eigenvalue weighted by atomic mass is 9.74. The third-order valence-electron chi connectivity index (χ3n) is 6.03. The third-order valence-corrected chi connectivity index (χ3v) is 6.43. The van der Waals surface area contributed by atoms with Crippen LogP contribution in [0.1, 0.15) is 32.6 Å². The molecule has 1 aliphatic heterocycles. The summed E-state index contributed by atoms with van der Waals surface area (Å²) in [7, 11) is 1.62. The highest BCUT2D eigenvalue weighted by Gasteiger charge is 2.41. The van der Waals surface area contributed by atoms with Crippen LogP contribution in [-0.4, -0.2) is 45.4 Å². The zero-order chi connectivity index (χ0) is 20.4. The van der Waals surface area contributed by atoms with E-state index in [1.165, 1.54) is 0 Å². The Hall–Kier alpha value is -2.41. The van der Waals surface area contributed by atoms with Gasteiger partial charge in [-0.25, -0.2) is 9.97 Å². The van der Waals surface area contributed by atoms with E-state index in [0.717, 1.165) is 31.2 Å². The monoisotopic (exact) mass is 415 g/mol. The standard InChI is InChI=1S/C21H26ClN5O2/c1-12(15-10-13-9-14(22)3-4-17(13)26-20(15)28)25-21-24-8-5-18(27-21)16-11-23-7-6-19(16)29-2/h5-8,11-15,17H,3-4,9-10H2,1-2H3,(H,26,28)(H,24,25,27)/t12-,13?,14?,15?,17?/m0/s1. The average Bonchev–Trinajstić information content (AvgIpc) is 2.73. The predicted octanol–water partition coefficient (Wildman–Crippen LogP) is 3.26. The van der Waals surface area contributed by atoms with Crippen LogP contribution < -0.4 is 15.4 Å². The number of rotatable bonds is 5. The normalized spacial score (nSPS) is 27.5. The molecule has 8 heteroatoms. The quantitative estimate of drug-likeness (QED) is 0.728. The third kappa shape index (κ3) is 4.29. The van der Waals surface area contributed by atoms with Crippen LogP contribution in [0.15, 0.2) is 30.7 Å². The summed E-state index contributed by atoms with van der Waals surface area (Å²) in [6.07, 6.45) is 8.83. The molecule has 4 rings (SSSR count). The van der Waals surface area contributed by atoms with Gasteiger partial charge in [0.1, 0.15) is 5.75 Å². The van der Waals surface area contributed by atoms with Crippen molar-refractivity contribution in [2.24, 2.45) is 11.8 Å². The fraction of sp³-hybridized carbons (Fsp3) is 0.524. The molecule has 7 nitrogen and oxygen atoms in total. The molecule has 0 spiro atoms. The zero-order valence-electron chi connectivity index (χ0n) is 16.6. The molecule has 1 saturated carbocycles. The van der Waals surface area contributed by atoms with Crippen LogP contribution in [0.2, 0.25) is 0 Å². The molecule has 0 aromatic carbocycles. The van der Waals surface area contributed by atoms with E-state index in [-0.39, 0.29) is 29.3 Å². The number of carbonyl (C=O) groups excluding carboxylic acids is 1. The number of nitrogens with zero attached hydrogens (tertiary/aromatic N) is 3. The number of piperidine rings is 1. The molecule has 0 bridgehead atoms. The Morgan fingerprint density at radius 1 is 1.28 bits per heavy atom. The molecule has 2 N–H and O–H groups in total. The fourth-order valence-electron chi connectivity index (χ4n) is 4.45. The smallest absolute Gasteiger partial charge is 0.225 e. The van der Waals surface area contributed by atoms with Crippen molar-refractivity contribution in [3.8, 4) is 17.0 Å². The van der Waals surface area contributed by atoms with Gasteiger partial charge in [0.15, 0.2) is 0 Å². The Morgan fingerprint density at radius 2 is 2.14 bits per heavy atom. The van der Waals surface area contributed by atoms with Crippen molar-refractivity contribution < 1.29 is 9.53 Å². The molecule has 0 radical (unpaired) electrons. The van der Waals surface area contributed by atoms with E-state index in [4.69, 9.17) is 16.3 Å². The minimum Gasteiger partial charge on any atom is -0.496 e. The molecule has 3 heterocycles. The van der Waals surface area contributed by atoms with Gasteiger partial charge in [-0.1, -0.05) is 0 Å². The molecule has 29 heavy (non-hydrogen) atoms. The Morgan fingerprint density at radius 3 is 2.97 bits per heavy atom. The largest absolute Gasteiger partial charge is 0.496 e. The first-order valence-electron chi connectivity index (χ1n) is 10.1. The molecule has 4 unspecified atom stereocenters. The zero-order valence-corrected chi connectivity index (χ0v) is 17.4. The van der Waals surface area contributed by atoms with Crippen molar-refractivity contribution in [1.82, 2.24) is 20.3 Å². The van der Waals surface area contributed by atoms with Crippen molar-refractivity contribution in [1.29, 1.82) is 0 Å². The van der Waals surface area contributed by atoms with Gasteiger partial charge in [0.2, 0.25) is 11.9 Å². The molecular weight excluding hydrogens is 390 g/mol. The number of carbonyl (C=O) groups is 1. The number of alkyl halides is 1. The number of anilines is 1. The molecule has 2 aliphatic rings. The summed E-state index contributed by atoms with van der Waals surface area (Å²) in [6, 6.07) is 3.77. The summed E-state index contributed by atoms with van der Waals surface area (Å²) >= 11 is 6.37. The fourth-order valence-corrected chi connectivity index (χ4v) is 4.80. The molecule has 5 atom stereocenters. The van der Waals surface area contributed by atoms with Crippen LogP contribution in [-0.2, 0) is 4.79 Å². The molecule has 1 saturated heterocycles. The topological polar surface area (TPSA) is 89.0 Å². The molecular formula is C21H26ClN5O2. The van der Waals surface area contributed by atoms with Crippen molar-refractivity contribution in [3.63, 3.8) is 0 Å². The number of halogens is 1. The second kappa shape index (κ2) is 8.53. The Bertz CT molecular complexity index is 880. The van der Waals surface area contributed by atoms with E-state index in [0.29, 0.717) is 23.3 Å². The van der Waals surface area contributed by atoms with Gasteiger partial charge in [-0.15, -0.1) is 11.6 Å². The van der Waals surface area contributed by atoms with Crippen molar-refractivity contribution >= 4 is 23.5 Å². The van der Waals surface area contributed by atoms with Gasteiger partial charge in [0.05, 0.1) is 24.3 Å². The van der Waals surface area contributed by atoms with Crippen molar-refractivity contribution in [2.75, 3.05) is 12.4 Å². The summed E-state index contributed by atoms with van der Waals surface area (Å²) in [5, 5.41) is 6.74. The predicted molar refractivity (Wildman–Crippen MR) is 112 cm³/mol. The molecule has 1 aliphatic carbocycles. The maximum absolute atomic E-state index is 12.7. The lowest BCUT2D eigenvalue weighted by Gasteiger charge is -2.42. The van der Waals surface area contributed by atoms with E-state index in [2.05, 4.69) is 25.6 Å². The second-order valence-corrected chi connectivity index (χ2v) is 8.52. The molecule has 154 valence electrons. The first-order valence-corrected chi connectivity index (χ1v) is 10.5. The summed E-state index contributed by atoms with van der Waals surface area (Å²) in [4.78, 5) is 25.8. The van der Waals surface area contributed by atoms with E-state index < -0.39 is 0 Å². The van der Waals surface area contributed by atoms with E-state index in [1.54, 1.807) is 31.8 Å². The number of methoxy groups -OCH3 is 1. The summed E-state index contributed by atoms with van der Waals surface area (Å²) in [5.41, 5.74) is 1.51. The highest BCUT2D eigenvalue weighted by molar-refractivity contribution is 6.20. The summed E-state index contributed by atoms with van der Waals surface area (Å²) < 4.78 is 5.40. The van der Waals surface area contributed by atoms with Gasteiger partial charge in [-0.05, 0) is 50.7 Å². The van der Waals surface area contributed by atoms with Crippen LogP contribution in [0, 0.1) is 11.8 Å². The Kier molecular flexibility index (Phi) is 5.85. The molecule has 1 amide bonds. The van der Waals surface area contributed by atoms with Gasteiger partial charge in [-0.2, -0.15) is 0 Å². The molecule has 2 fully saturated rings. The first kappa shape index (κ1) is 19.9. The number of ether oxygens (including phenoxy) is 1. The minimum absolute atomic E-state index is 0.0994. The molecule has 2 aromatic heterocycles. The number of nitrogens with one attached hydrogen (secondary N) is 2. The lowest BCUT2D eigenvalue weighted by Crippen LogP contribution is -2.55. The Balaban J connectivity index is 1.48. The highest BCUT2D eigenvalue weighted by Crippen LogP contribution is 2.37. The maximum atomic E-state index is 12.7. The van der Waals surface area contributed by atoms with Gasteiger partial charge in [0, 0.05) is 36.1 Å². The maximum Gasteiger partial charge on any atom is 0.225 e. The number of aromatic nitrogens is 3. The summed E-state index contributed by atoms with van der Waals surface area (Å²) in [5.74, 6) is 1.57. The van der Waals surface area contributed by atoms with E-state index in [9.17, 15) is 4.79 Å². The number of fused-ring (bicyclic) bond motifs is 1. The van der Waals surface area contributed by atoms with Crippen LogP contribution in [0.5, 0.6) is 5.75 Å². The van der Waals surface area contributed by atoms with Crippen LogP contribution in [0.4, 0.5) is 5.95 Å². The number of amides is 1. The highest BCUT2D eigenvalue weighted by atomic mass is 35.5. The Labute approximate surface area is 175 Å². The average molecular weight is 416 g/mol. The second-order valence-electron chi connectivity index (χ2n) is 7.90. The number of hydrogen-bond acceptors (Lipinski definition) is 6. The van der Waals surface area contributed by atoms with Gasteiger partial charge in [0.25, 0.3) is 0 Å². The summed E-state index contributed by atoms with van der Waals surface area (Å²) in [6.45, 7) is 2.01. The lowest BCUT2D eigenvalue weighted by molar-refractivity contribution is -0.130. The van der Waals surface area contributed by atoms with Crippen molar-refractivity contribution in [3.05, 3.63) is 30.7 Å². The minimum atomic E-state index is -0.140. The van der Waals surface area contributed by atoms with E-state index in [1.807, 2.05) is 13.0 Å². The van der Waals surface area contributed by atoms with Crippen LogP contribution >= 0.6 is 11.6 Å². The van der Waals surface area contributed by atoms with Crippen molar-refractivity contribution in [2.45, 2.75) is 50.1 Å². The van der Waals surface area contributed by atoms with Gasteiger partial charge in [-0.3, -0.25) is 9.78 Å². The van der Waals surface area contributed by atoms with Crippen LogP contribution in [0.3, 0.4) is 0 Å².